The first-order valence-corrected chi connectivity index (χ1v) is 7.20. The molecule has 1 atom stereocenters. The van der Waals surface area contributed by atoms with Gasteiger partial charge in [-0.1, -0.05) is 19.1 Å². The average molecular weight is 288 g/mol. The lowest BCUT2D eigenvalue weighted by atomic mass is 10.00. The van der Waals surface area contributed by atoms with Crippen molar-refractivity contribution in [3.05, 3.63) is 59.7 Å². The standard InChI is InChI=1S/C17H21FN2O/c1-4-20-17(14-8-15(18)11-19-10-14)13-6-5-7-16(9-13)21-12(2)3/h5-12,17,20H,4H2,1-3H3. The lowest BCUT2D eigenvalue weighted by molar-refractivity contribution is 0.242. The molecule has 0 saturated carbocycles. The van der Waals surface area contributed by atoms with E-state index in [1.165, 1.54) is 12.3 Å². The Labute approximate surface area is 125 Å². The van der Waals surface area contributed by atoms with Gasteiger partial charge in [-0.3, -0.25) is 4.98 Å². The number of halogens is 1. The van der Waals surface area contributed by atoms with E-state index in [0.29, 0.717) is 0 Å². The number of hydrogen-bond donors (Lipinski definition) is 1. The van der Waals surface area contributed by atoms with Crippen LogP contribution in [0.3, 0.4) is 0 Å². The van der Waals surface area contributed by atoms with Crippen LogP contribution in [0.2, 0.25) is 0 Å². The van der Waals surface area contributed by atoms with Crippen molar-refractivity contribution in [2.75, 3.05) is 6.54 Å². The number of benzene rings is 1. The predicted octanol–water partition coefficient (Wildman–Crippen LogP) is 3.71. The monoisotopic (exact) mass is 288 g/mol. The van der Waals surface area contributed by atoms with Gasteiger partial charge in [0.25, 0.3) is 0 Å². The summed E-state index contributed by atoms with van der Waals surface area (Å²) in [6, 6.07) is 9.27. The molecule has 0 saturated heterocycles. The third-order valence-corrected chi connectivity index (χ3v) is 3.03. The summed E-state index contributed by atoms with van der Waals surface area (Å²) in [7, 11) is 0. The molecule has 2 aromatic rings. The molecule has 3 nitrogen and oxygen atoms in total. The molecule has 1 N–H and O–H groups in total. The van der Waals surface area contributed by atoms with Crippen LogP contribution < -0.4 is 10.1 Å². The van der Waals surface area contributed by atoms with E-state index in [9.17, 15) is 4.39 Å². The molecule has 2 rings (SSSR count). The van der Waals surface area contributed by atoms with E-state index in [2.05, 4.69) is 10.3 Å². The van der Waals surface area contributed by atoms with Gasteiger partial charge in [-0.25, -0.2) is 4.39 Å². The molecule has 0 amide bonds. The SMILES string of the molecule is CCNC(c1cncc(F)c1)c1cccc(OC(C)C)c1. The number of ether oxygens (including phenoxy) is 1. The zero-order valence-electron chi connectivity index (χ0n) is 12.6. The second-order valence-corrected chi connectivity index (χ2v) is 5.17. The second kappa shape index (κ2) is 7.18. The van der Waals surface area contributed by atoms with Gasteiger partial charge in [0.2, 0.25) is 0 Å². The van der Waals surface area contributed by atoms with Gasteiger partial charge in [0, 0.05) is 6.20 Å². The molecule has 1 aromatic heterocycles. The van der Waals surface area contributed by atoms with Crippen molar-refractivity contribution in [1.82, 2.24) is 10.3 Å². The highest BCUT2D eigenvalue weighted by Gasteiger charge is 2.15. The number of hydrogen-bond acceptors (Lipinski definition) is 3. The number of rotatable bonds is 6. The van der Waals surface area contributed by atoms with Gasteiger partial charge >= 0.3 is 0 Å². The molecule has 112 valence electrons. The number of nitrogens with zero attached hydrogens (tertiary/aromatic N) is 1. The minimum Gasteiger partial charge on any atom is -0.491 e. The molecule has 0 fully saturated rings. The van der Waals surface area contributed by atoms with Gasteiger partial charge in [0.1, 0.15) is 11.6 Å². The highest BCUT2D eigenvalue weighted by Crippen LogP contribution is 2.25. The molecule has 0 aliphatic rings. The Bertz CT molecular complexity index is 587. The van der Waals surface area contributed by atoms with Gasteiger partial charge in [-0.05, 0) is 49.7 Å². The Kier molecular flexibility index (Phi) is 5.28. The molecular weight excluding hydrogens is 267 g/mol. The van der Waals surface area contributed by atoms with E-state index >= 15 is 0 Å². The summed E-state index contributed by atoms with van der Waals surface area (Å²) in [6.45, 7) is 6.78. The molecule has 0 aliphatic heterocycles. The Morgan fingerprint density at radius 3 is 2.67 bits per heavy atom. The Morgan fingerprint density at radius 1 is 1.19 bits per heavy atom. The third kappa shape index (κ3) is 4.26. The maximum Gasteiger partial charge on any atom is 0.141 e. The first kappa shape index (κ1) is 15.4. The summed E-state index contributed by atoms with van der Waals surface area (Å²) in [5.74, 6) is 0.486. The van der Waals surface area contributed by atoms with E-state index < -0.39 is 0 Å². The molecule has 21 heavy (non-hydrogen) atoms. The van der Waals surface area contributed by atoms with Crippen molar-refractivity contribution >= 4 is 0 Å². The van der Waals surface area contributed by atoms with Crippen LogP contribution in [0.5, 0.6) is 5.75 Å². The number of aromatic nitrogens is 1. The van der Waals surface area contributed by atoms with E-state index in [-0.39, 0.29) is 18.0 Å². The van der Waals surface area contributed by atoms with E-state index in [4.69, 9.17) is 4.74 Å². The van der Waals surface area contributed by atoms with Crippen LogP contribution in [0, 0.1) is 5.82 Å². The molecule has 1 heterocycles. The van der Waals surface area contributed by atoms with E-state index in [1.807, 2.05) is 45.0 Å². The van der Waals surface area contributed by atoms with Gasteiger partial charge < -0.3 is 10.1 Å². The summed E-state index contributed by atoms with van der Waals surface area (Å²) in [5.41, 5.74) is 1.83. The van der Waals surface area contributed by atoms with Crippen LogP contribution >= 0.6 is 0 Å². The van der Waals surface area contributed by atoms with Crippen molar-refractivity contribution in [2.24, 2.45) is 0 Å². The minimum atomic E-state index is -0.329. The van der Waals surface area contributed by atoms with Gasteiger partial charge in [0.05, 0.1) is 18.3 Å². The Balaban J connectivity index is 2.34. The predicted molar refractivity (Wildman–Crippen MR) is 81.9 cm³/mol. The average Bonchev–Trinajstić information content (AvgIpc) is 2.44. The van der Waals surface area contributed by atoms with Crippen molar-refractivity contribution < 1.29 is 9.13 Å². The molecule has 0 bridgehead atoms. The molecule has 4 heteroatoms. The smallest absolute Gasteiger partial charge is 0.141 e. The molecule has 0 aliphatic carbocycles. The molecule has 0 spiro atoms. The van der Waals surface area contributed by atoms with Gasteiger partial charge in [-0.15, -0.1) is 0 Å². The van der Waals surface area contributed by atoms with Crippen LogP contribution in [0.1, 0.15) is 37.9 Å². The van der Waals surface area contributed by atoms with Crippen molar-refractivity contribution in [3.8, 4) is 5.75 Å². The van der Waals surface area contributed by atoms with E-state index in [1.54, 1.807) is 6.20 Å². The van der Waals surface area contributed by atoms with Crippen LogP contribution in [0.15, 0.2) is 42.7 Å². The Hall–Kier alpha value is -1.94. The first-order valence-electron chi connectivity index (χ1n) is 7.20. The Morgan fingerprint density at radius 2 is 2.00 bits per heavy atom. The molecule has 1 unspecified atom stereocenters. The fourth-order valence-corrected chi connectivity index (χ4v) is 2.26. The third-order valence-electron chi connectivity index (χ3n) is 3.03. The summed E-state index contributed by atoms with van der Waals surface area (Å²) in [5, 5.41) is 3.36. The normalized spacial score (nSPS) is 12.4. The van der Waals surface area contributed by atoms with E-state index in [0.717, 1.165) is 23.4 Å². The molecule has 1 aromatic carbocycles. The van der Waals surface area contributed by atoms with Crippen LogP contribution in [-0.2, 0) is 0 Å². The zero-order valence-corrected chi connectivity index (χ0v) is 12.6. The largest absolute Gasteiger partial charge is 0.491 e. The fraction of sp³-hybridized carbons (Fsp3) is 0.353. The summed E-state index contributed by atoms with van der Waals surface area (Å²) in [4.78, 5) is 3.94. The van der Waals surface area contributed by atoms with Crippen LogP contribution in [-0.4, -0.2) is 17.6 Å². The maximum atomic E-state index is 13.4. The molecular formula is C17H21FN2O. The van der Waals surface area contributed by atoms with Crippen molar-refractivity contribution in [1.29, 1.82) is 0 Å². The zero-order chi connectivity index (χ0) is 15.2. The van der Waals surface area contributed by atoms with Crippen LogP contribution in [0.25, 0.3) is 0 Å². The lowest BCUT2D eigenvalue weighted by Gasteiger charge is -2.20. The first-order chi connectivity index (χ1) is 10.1. The molecule has 0 radical (unpaired) electrons. The topological polar surface area (TPSA) is 34.2 Å². The highest BCUT2D eigenvalue weighted by molar-refractivity contribution is 5.36. The maximum absolute atomic E-state index is 13.4. The number of nitrogens with one attached hydrogen (secondary N) is 1. The highest BCUT2D eigenvalue weighted by atomic mass is 19.1. The van der Waals surface area contributed by atoms with Crippen molar-refractivity contribution in [2.45, 2.75) is 32.9 Å². The van der Waals surface area contributed by atoms with Gasteiger partial charge in [-0.2, -0.15) is 0 Å². The summed E-state index contributed by atoms with van der Waals surface area (Å²) in [6.07, 6.45) is 3.02. The summed E-state index contributed by atoms with van der Waals surface area (Å²) >= 11 is 0. The number of pyridine rings is 1. The quantitative estimate of drug-likeness (QED) is 0.880. The summed E-state index contributed by atoms with van der Waals surface area (Å²) < 4.78 is 19.1. The lowest BCUT2D eigenvalue weighted by Crippen LogP contribution is -2.22. The van der Waals surface area contributed by atoms with Crippen LogP contribution in [0.4, 0.5) is 4.39 Å². The second-order valence-electron chi connectivity index (χ2n) is 5.17. The fourth-order valence-electron chi connectivity index (χ4n) is 2.26. The minimum absolute atomic E-state index is 0.103. The van der Waals surface area contributed by atoms with Crippen molar-refractivity contribution in [3.63, 3.8) is 0 Å². The van der Waals surface area contributed by atoms with Gasteiger partial charge in [0.15, 0.2) is 0 Å².